The maximum atomic E-state index is 12.5. The minimum atomic E-state index is -0.275. The molecule has 2 amide bonds. The third-order valence-corrected chi connectivity index (χ3v) is 5.51. The van der Waals surface area contributed by atoms with Gasteiger partial charge in [-0.25, -0.2) is 4.79 Å². The number of nitrogens with zero attached hydrogens (tertiary/aromatic N) is 4. The van der Waals surface area contributed by atoms with E-state index in [1.54, 1.807) is 11.8 Å². The van der Waals surface area contributed by atoms with Gasteiger partial charge in [0.25, 0.3) is 0 Å². The second-order valence-corrected chi connectivity index (χ2v) is 7.42. The molecule has 2 aliphatic heterocycles. The van der Waals surface area contributed by atoms with Gasteiger partial charge in [0, 0.05) is 71.9 Å². The van der Waals surface area contributed by atoms with Crippen molar-refractivity contribution in [1.82, 2.24) is 19.6 Å². The zero-order valence-electron chi connectivity index (χ0n) is 16.9. The summed E-state index contributed by atoms with van der Waals surface area (Å²) < 4.78 is 5.02. The van der Waals surface area contributed by atoms with E-state index in [-0.39, 0.29) is 12.0 Å². The molecular weight excluding hydrogens is 356 g/mol. The molecule has 0 bridgehead atoms. The largest absolute Gasteiger partial charge is 0.450 e. The van der Waals surface area contributed by atoms with Crippen molar-refractivity contribution >= 4 is 12.0 Å². The molecule has 0 saturated carbocycles. The van der Waals surface area contributed by atoms with Gasteiger partial charge in [-0.15, -0.1) is 0 Å². The summed E-state index contributed by atoms with van der Waals surface area (Å²) in [6.45, 7) is 10.4. The van der Waals surface area contributed by atoms with Gasteiger partial charge in [0.05, 0.1) is 6.61 Å². The second kappa shape index (κ2) is 10.4. The van der Waals surface area contributed by atoms with E-state index in [2.05, 4.69) is 40.1 Å². The molecule has 7 nitrogen and oxygen atoms in total. The number of carbonyl (C=O) groups is 2. The number of benzene rings is 1. The zero-order valence-corrected chi connectivity index (χ0v) is 16.9. The lowest BCUT2D eigenvalue weighted by atomic mass is 10.2. The minimum absolute atomic E-state index is 0.190. The first-order chi connectivity index (χ1) is 13.7. The Bertz CT molecular complexity index is 624. The maximum absolute atomic E-state index is 12.5. The first kappa shape index (κ1) is 20.6. The molecule has 154 valence electrons. The Labute approximate surface area is 167 Å². The number of hydrogen-bond donors (Lipinski definition) is 0. The van der Waals surface area contributed by atoms with Crippen molar-refractivity contribution in [3.8, 4) is 0 Å². The van der Waals surface area contributed by atoms with Crippen LogP contribution in [-0.4, -0.2) is 97.1 Å². The van der Waals surface area contributed by atoms with Crippen LogP contribution >= 0.6 is 0 Å². The molecule has 2 saturated heterocycles. The Kier molecular flexibility index (Phi) is 7.68. The normalized spacial score (nSPS) is 18.9. The highest BCUT2D eigenvalue weighted by Crippen LogP contribution is 2.10. The van der Waals surface area contributed by atoms with E-state index in [1.807, 2.05) is 4.90 Å². The number of amides is 2. The Morgan fingerprint density at radius 1 is 0.857 bits per heavy atom. The van der Waals surface area contributed by atoms with Crippen LogP contribution in [0.15, 0.2) is 30.3 Å². The van der Waals surface area contributed by atoms with E-state index in [0.717, 1.165) is 39.3 Å². The first-order valence-electron chi connectivity index (χ1n) is 10.3. The van der Waals surface area contributed by atoms with Crippen molar-refractivity contribution in [3.05, 3.63) is 35.9 Å². The third-order valence-electron chi connectivity index (χ3n) is 5.51. The molecular formula is C21H32N4O3. The molecule has 1 aromatic rings. The molecule has 0 aliphatic carbocycles. The summed E-state index contributed by atoms with van der Waals surface area (Å²) in [5.74, 6) is 0.190. The van der Waals surface area contributed by atoms with Gasteiger partial charge in [0.1, 0.15) is 0 Å². The predicted molar refractivity (Wildman–Crippen MR) is 108 cm³/mol. The number of piperazine rings is 2. The van der Waals surface area contributed by atoms with Crippen LogP contribution in [0.1, 0.15) is 18.9 Å². The smallest absolute Gasteiger partial charge is 0.409 e. The zero-order chi connectivity index (χ0) is 19.8. The average molecular weight is 389 g/mol. The van der Waals surface area contributed by atoms with Gasteiger partial charge in [-0.1, -0.05) is 30.3 Å². The average Bonchev–Trinajstić information content (AvgIpc) is 2.74. The Morgan fingerprint density at radius 3 is 2.11 bits per heavy atom. The molecule has 3 rings (SSSR count). The standard InChI is InChI=1S/C21H32N4O3/c1-2-28-21(27)25-16-14-24(15-17-25)20(26)8-9-22-10-12-23(13-11-22)18-19-6-4-3-5-7-19/h3-7H,2,8-18H2,1H3. The van der Waals surface area contributed by atoms with Crippen molar-refractivity contribution in [2.45, 2.75) is 19.9 Å². The minimum Gasteiger partial charge on any atom is -0.450 e. The van der Waals surface area contributed by atoms with Gasteiger partial charge in [0.2, 0.25) is 5.91 Å². The second-order valence-electron chi connectivity index (χ2n) is 7.42. The fourth-order valence-electron chi connectivity index (χ4n) is 3.78. The monoisotopic (exact) mass is 388 g/mol. The molecule has 1 aromatic carbocycles. The van der Waals surface area contributed by atoms with E-state index in [4.69, 9.17) is 4.74 Å². The van der Waals surface area contributed by atoms with Crippen molar-refractivity contribution in [1.29, 1.82) is 0 Å². The highest BCUT2D eigenvalue weighted by atomic mass is 16.6. The molecule has 28 heavy (non-hydrogen) atoms. The van der Waals surface area contributed by atoms with E-state index in [1.165, 1.54) is 5.56 Å². The summed E-state index contributed by atoms with van der Waals surface area (Å²) in [4.78, 5) is 32.7. The summed E-state index contributed by atoms with van der Waals surface area (Å²) in [6.07, 6.45) is 0.279. The molecule has 7 heteroatoms. The summed E-state index contributed by atoms with van der Waals surface area (Å²) in [7, 11) is 0. The number of hydrogen-bond acceptors (Lipinski definition) is 5. The molecule has 2 aliphatic rings. The summed E-state index contributed by atoms with van der Waals surface area (Å²) in [5.41, 5.74) is 1.35. The van der Waals surface area contributed by atoms with Crippen molar-refractivity contribution < 1.29 is 14.3 Å². The van der Waals surface area contributed by atoms with E-state index in [0.29, 0.717) is 39.2 Å². The SMILES string of the molecule is CCOC(=O)N1CCN(C(=O)CCN2CCN(Cc3ccccc3)CC2)CC1. The topological polar surface area (TPSA) is 56.3 Å². The highest BCUT2D eigenvalue weighted by molar-refractivity contribution is 5.77. The van der Waals surface area contributed by atoms with Crippen LogP contribution in [0.5, 0.6) is 0 Å². The molecule has 0 atom stereocenters. The van der Waals surface area contributed by atoms with Crippen LogP contribution in [0.4, 0.5) is 4.79 Å². The van der Waals surface area contributed by atoms with Crippen molar-refractivity contribution in [2.75, 3.05) is 65.5 Å². The Morgan fingerprint density at radius 2 is 1.46 bits per heavy atom. The quantitative estimate of drug-likeness (QED) is 0.739. The van der Waals surface area contributed by atoms with E-state index < -0.39 is 0 Å². The molecule has 0 unspecified atom stereocenters. The first-order valence-corrected chi connectivity index (χ1v) is 10.3. The van der Waals surface area contributed by atoms with Gasteiger partial charge < -0.3 is 19.4 Å². The molecule has 0 spiro atoms. The van der Waals surface area contributed by atoms with Gasteiger partial charge in [-0.05, 0) is 12.5 Å². The number of rotatable bonds is 6. The molecule has 0 aromatic heterocycles. The van der Waals surface area contributed by atoms with Gasteiger partial charge in [-0.3, -0.25) is 9.69 Å². The lowest BCUT2D eigenvalue weighted by Gasteiger charge is -2.36. The van der Waals surface area contributed by atoms with Crippen LogP contribution < -0.4 is 0 Å². The lowest BCUT2D eigenvalue weighted by Crippen LogP contribution is -2.51. The van der Waals surface area contributed by atoms with Gasteiger partial charge in [-0.2, -0.15) is 0 Å². The van der Waals surface area contributed by atoms with Crippen LogP contribution in [-0.2, 0) is 16.1 Å². The lowest BCUT2D eigenvalue weighted by molar-refractivity contribution is -0.133. The Hall–Kier alpha value is -2.12. The summed E-state index contributed by atoms with van der Waals surface area (Å²) >= 11 is 0. The van der Waals surface area contributed by atoms with Crippen LogP contribution in [0, 0.1) is 0 Å². The summed E-state index contributed by atoms with van der Waals surface area (Å²) in [5, 5.41) is 0. The number of carbonyl (C=O) groups excluding carboxylic acids is 2. The van der Waals surface area contributed by atoms with Crippen LogP contribution in [0.25, 0.3) is 0 Å². The van der Waals surface area contributed by atoms with E-state index in [9.17, 15) is 9.59 Å². The fraction of sp³-hybridized carbons (Fsp3) is 0.619. The fourth-order valence-corrected chi connectivity index (χ4v) is 3.78. The third kappa shape index (κ3) is 5.94. The molecule has 2 fully saturated rings. The van der Waals surface area contributed by atoms with Crippen molar-refractivity contribution in [2.24, 2.45) is 0 Å². The van der Waals surface area contributed by atoms with Crippen LogP contribution in [0.3, 0.4) is 0 Å². The van der Waals surface area contributed by atoms with E-state index >= 15 is 0 Å². The molecule has 0 radical (unpaired) electrons. The molecule has 0 N–H and O–H groups in total. The Balaban J connectivity index is 1.32. The van der Waals surface area contributed by atoms with Gasteiger partial charge >= 0.3 is 6.09 Å². The van der Waals surface area contributed by atoms with Crippen molar-refractivity contribution in [3.63, 3.8) is 0 Å². The highest BCUT2D eigenvalue weighted by Gasteiger charge is 2.25. The number of ether oxygens (including phenoxy) is 1. The summed E-state index contributed by atoms with van der Waals surface area (Å²) in [6, 6.07) is 10.6. The predicted octanol–water partition coefficient (Wildman–Crippen LogP) is 1.50. The van der Waals surface area contributed by atoms with Crippen LogP contribution in [0.2, 0.25) is 0 Å². The van der Waals surface area contributed by atoms with Gasteiger partial charge in [0.15, 0.2) is 0 Å². The maximum Gasteiger partial charge on any atom is 0.409 e. The molecule has 2 heterocycles.